The fourth-order valence-corrected chi connectivity index (χ4v) is 3.64. The highest BCUT2D eigenvalue weighted by Gasteiger charge is 2.20. The second kappa shape index (κ2) is 8.60. The van der Waals surface area contributed by atoms with Crippen LogP contribution in [0.15, 0.2) is 60.7 Å². The molecule has 0 radical (unpaired) electrons. The van der Waals surface area contributed by atoms with Crippen LogP contribution in [0, 0.1) is 13.8 Å². The normalized spacial score (nSPS) is 12.0. The van der Waals surface area contributed by atoms with Crippen molar-refractivity contribution in [3.05, 3.63) is 71.9 Å². The van der Waals surface area contributed by atoms with E-state index in [2.05, 4.69) is 22.5 Å². The maximum atomic E-state index is 12.7. The van der Waals surface area contributed by atoms with Gasteiger partial charge in [-0.15, -0.1) is 0 Å². The number of aromatic nitrogens is 3. The number of aryl methyl sites for hydroxylation is 3. The Morgan fingerprint density at radius 2 is 1.81 bits per heavy atom. The summed E-state index contributed by atoms with van der Waals surface area (Å²) in [5.74, 6) is 0.172. The largest absolute Gasteiger partial charge is 0.464 e. The van der Waals surface area contributed by atoms with E-state index in [0.717, 1.165) is 39.1 Å². The van der Waals surface area contributed by atoms with Gasteiger partial charge in [0.05, 0.1) is 11.1 Å². The van der Waals surface area contributed by atoms with Crippen LogP contribution in [0.4, 0.5) is 5.69 Å². The van der Waals surface area contributed by atoms with Gasteiger partial charge in [0.25, 0.3) is 5.91 Å². The summed E-state index contributed by atoms with van der Waals surface area (Å²) in [4.78, 5) is 17.4. The molecule has 158 valence electrons. The highest BCUT2D eigenvalue weighted by atomic mass is 16.5. The van der Waals surface area contributed by atoms with Gasteiger partial charge in [-0.25, -0.2) is 4.68 Å². The number of carbonyl (C=O) groups is 1. The lowest BCUT2D eigenvalue weighted by Crippen LogP contribution is -2.30. The van der Waals surface area contributed by atoms with Crippen molar-refractivity contribution in [2.75, 3.05) is 5.32 Å². The molecule has 6 heteroatoms. The second-order valence-corrected chi connectivity index (χ2v) is 7.54. The smallest absolute Gasteiger partial charge is 0.265 e. The first kappa shape index (κ1) is 20.6. The molecule has 0 aliphatic rings. The number of anilines is 1. The molecule has 0 aliphatic heterocycles. The first-order valence-corrected chi connectivity index (χ1v) is 10.4. The Bertz CT molecular complexity index is 1230. The van der Waals surface area contributed by atoms with Crippen molar-refractivity contribution in [3.8, 4) is 17.0 Å². The summed E-state index contributed by atoms with van der Waals surface area (Å²) in [6.07, 6.45) is -0.715. The van der Waals surface area contributed by atoms with Crippen molar-refractivity contribution < 1.29 is 9.53 Å². The molecule has 1 atom stereocenters. The number of amides is 1. The summed E-state index contributed by atoms with van der Waals surface area (Å²) in [5.41, 5.74) is 5.48. The van der Waals surface area contributed by atoms with Gasteiger partial charge < -0.3 is 10.1 Å². The van der Waals surface area contributed by atoms with Gasteiger partial charge in [-0.3, -0.25) is 4.79 Å². The third kappa shape index (κ3) is 4.14. The number of para-hydroxylation sites is 1. The van der Waals surface area contributed by atoms with E-state index in [1.54, 1.807) is 6.92 Å². The van der Waals surface area contributed by atoms with E-state index in [-0.39, 0.29) is 5.91 Å². The van der Waals surface area contributed by atoms with Gasteiger partial charge in [-0.2, -0.15) is 10.1 Å². The maximum Gasteiger partial charge on any atom is 0.265 e. The summed E-state index contributed by atoms with van der Waals surface area (Å²) in [6.45, 7) is 8.39. The van der Waals surface area contributed by atoms with E-state index in [1.165, 1.54) is 0 Å². The lowest BCUT2D eigenvalue weighted by Gasteiger charge is -2.16. The number of nitrogens with zero attached hydrogens (tertiary/aromatic N) is 3. The zero-order valence-corrected chi connectivity index (χ0v) is 18.2. The minimum Gasteiger partial charge on any atom is -0.464 e. The molecule has 4 rings (SSSR count). The lowest BCUT2D eigenvalue weighted by atomic mass is 10.0. The standard InChI is InChI=1S/C25H26N4O2/c1-5-29-24-23(17(3)28-29)20(19-12-7-6-8-13-19)15-22(27-24)31-18(4)25(30)26-21-14-10-9-11-16(21)2/h6-15,18H,5H2,1-4H3,(H,26,30). The Morgan fingerprint density at radius 1 is 1.10 bits per heavy atom. The number of carbonyl (C=O) groups excluding carboxylic acids is 1. The first-order valence-electron chi connectivity index (χ1n) is 10.4. The molecule has 6 nitrogen and oxygen atoms in total. The third-order valence-corrected chi connectivity index (χ3v) is 5.31. The molecule has 0 spiro atoms. The number of hydrogen-bond donors (Lipinski definition) is 1. The monoisotopic (exact) mass is 414 g/mol. The molecule has 31 heavy (non-hydrogen) atoms. The van der Waals surface area contributed by atoms with Crippen LogP contribution < -0.4 is 10.1 Å². The molecule has 1 amide bonds. The average Bonchev–Trinajstić information content (AvgIpc) is 3.11. The Hall–Kier alpha value is -3.67. The maximum absolute atomic E-state index is 12.7. The number of nitrogens with one attached hydrogen (secondary N) is 1. The number of hydrogen-bond acceptors (Lipinski definition) is 4. The molecular formula is C25H26N4O2. The van der Waals surface area contributed by atoms with Crippen LogP contribution in [0.25, 0.3) is 22.2 Å². The van der Waals surface area contributed by atoms with Crippen LogP contribution in [-0.4, -0.2) is 26.8 Å². The summed E-state index contributed by atoms with van der Waals surface area (Å²) < 4.78 is 7.87. The predicted molar refractivity (Wildman–Crippen MR) is 123 cm³/mol. The summed E-state index contributed by atoms with van der Waals surface area (Å²) >= 11 is 0. The molecule has 4 aromatic rings. The Kier molecular flexibility index (Phi) is 5.71. The molecule has 0 saturated carbocycles. The van der Waals surface area contributed by atoms with E-state index in [4.69, 9.17) is 9.72 Å². The highest BCUT2D eigenvalue weighted by Crippen LogP contribution is 2.33. The predicted octanol–water partition coefficient (Wildman–Crippen LogP) is 5.14. The molecule has 0 saturated heterocycles. The minimum atomic E-state index is -0.715. The third-order valence-electron chi connectivity index (χ3n) is 5.31. The van der Waals surface area contributed by atoms with Crippen molar-refractivity contribution in [1.29, 1.82) is 0 Å². The van der Waals surface area contributed by atoms with Gasteiger partial charge in [0.2, 0.25) is 5.88 Å². The van der Waals surface area contributed by atoms with Crippen molar-refractivity contribution in [2.45, 2.75) is 40.3 Å². The van der Waals surface area contributed by atoms with Crippen molar-refractivity contribution in [1.82, 2.24) is 14.8 Å². The van der Waals surface area contributed by atoms with Crippen LogP contribution in [0.1, 0.15) is 25.1 Å². The van der Waals surface area contributed by atoms with E-state index in [9.17, 15) is 4.79 Å². The van der Waals surface area contributed by atoms with Gasteiger partial charge in [-0.1, -0.05) is 48.5 Å². The average molecular weight is 415 g/mol. The van der Waals surface area contributed by atoms with E-state index in [1.807, 2.05) is 74.0 Å². The van der Waals surface area contributed by atoms with Crippen LogP contribution in [0.3, 0.4) is 0 Å². The first-order chi connectivity index (χ1) is 15.0. The van der Waals surface area contributed by atoms with Gasteiger partial charge in [0.15, 0.2) is 11.8 Å². The minimum absolute atomic E-state index is 0.224. The molecule has 0 bridgehead atoms. The fraction of sp³-hybridized carbons (Fsp3) is 0.240. The fourth-order valence-electron chi connectivity index (χ4n) is 3.64. The van der Waals surface area contributed by atoms with Crippen molar-refractivity contribution in [3.63, 3.8) is 0 Å². The molecule has 2 aromatic heterocycles. The molecular weight excluding hydrogens is 388 g/mol. The number of rotatable bonds is 6. The van der Waals surface area contributed by atoms with Gasteiger partial charge in [0.1, 0.15) is 0 Å². The molecule has 2 aromatic carbocycles. The molecule has 0 fully saturated rings. The quantitative estimate of drug-likeness (QED) is 0.474. The van der Waals surface area contributed by atoms with Gasteiger partial charge in [0, 0.05) is 18.3 Å². The molecule has 1 N–H and O–H groups in total. The van der Waals surface area contributed by atoms with Crippen LogP contribution in [-0.2, 0) is 11.3 Å². The van der Waals surface area contributed by atoms with Crippen molar-refractivity contribution in [2.24, 2.45) is 0 Å². The summed E-state index contributed by atoms with van der Waals surface area (Å²) in [7, 11) is 0. The number of fused-ring (bicyclic) bond motifs is 1. The summed E-state index contributed by atoms with van der Waals surface area (Å²) in [5, 5.41) is 8.56. The van der Waals surface area contributed by atoms with Crippen LogP contribution in [0.5, 0.6) is 5.88 Å². The summed E-state index contributed by atoms with van der Waals surface area (Å²) in [6, 6.07) is 19.6. The second-order valence-electron chi connectivity index (χ2n) is 7.54. The SMILES string of the molecule is CCn1nc(C)c2c(-c3ccccc3)cc(OC(C)C(=O)Nc3ccccc3C)nc21. The van der Waals surface area contributed by atoms with E-state index < -0.39 is 6.10 Å². The number of pyridine rings is 1. The Labute approximate surface area is 181 Å². The zero-order valence-electron chi connectivity index (χ0n) is 18.2. The van der Waals surface area contributed by atoms with Crippen LogP contribution >= 0.6 is 0 Å². The molecule has 0 aliphatic carbocycles. The van der Waals surface area contributed by atoms with E-state index >= 15 is 0 Å². The number of ether oxygens (including phenoxy) is 1. The zero-order chi connectivity index (χ0) is 22.0. The van der Waals surface area contributed by atoms with E-state index in [0.29, 0.717) is 12.4 Å². The topological polar surface area (TPSA) is 69.0 Å². The van der Waals surface area contributed by atoms with Crippen LogP contribution in [0.2, 0.25) is 0 Å². The molecule has 1 unspecified atom stereocenters. The van der Waals surface area contributed by atoms with Crippen molar-refractivity contribution >= 4 is 22.6 Å². The van der Waals surface area contributed by atoms with Gasteiger partial charge >= 0.3 is 0 Å². The Balaban J connectivity index is 1.69. The lowest BCUT2D eigenvalue weighted by molar-refractivity contribution is -0.122. The number of benzene rings is 2. The van der Waals surface area contributed by atoms with Gasteiger partial charge in [-0.05, 0) is 50.5 Å². The Morgan fingerprint density at radius 3 is 2.52 bits per heavy atom. The molecule has 2 heterocycles. The highest BCUT2D eigenvalue weighted by molar-refractivity contribution is 5.96.